The quantitative estimate of drug-likeness (QED) is 0.431. The van der Waals surface area contributed by atoms with E-state index in [-0.39, 0.29) is 30.4 Å². The van der Waals surface area contributed by atoms with Gasteiger partial charge in [-0.15, -0.1) is 0 Å². The first kappa shape index (κ1) is 26.2. The number of aliphatic hydroxyl groups excluding tert-OH is 1. The van der Waals surface area contributed by atoms with E-state index in [9.17, 15) is 14.7 Å². The van der Waals surface area contributed by atoms with Gasteiger partial charge in [0.25, 0.3) is 5.91 Å². The summed E-state index contributed by atoms with van der Waals surface area (Å²) in [6.07, 6.45) is 0.628. The summed E-state index contributed by atoms with van der Waals surface area (Å²) in [5, 5.41) is 13.5. The molecule has 0 aliphatic carbocycles. The van der Waals surface area contributed by atoms with E-state index in [0.29, 0.717) is 34.4 Å². The Kier molecular flexibility index (Phi) is 8.64. The second-order valence-electron chi connectivity index (χ2n) is 9.09. The minimum Gasteiger partial charge on any atom is -0.392 e. The van der Waals surface area contributed by atoms with Gasteiger partial charge in [0.2, 0.25) is 5.91 Å². The average Bonchev–Trinajstić information content (AvgIpc) is 3.29. The zero-order chi connectivity index (χ0) is 25.7. The van der Waals surface area contributed by atoms with Gasteiger partial charge in [-0.3, -0.25) is 14.5 Å². The Morgan fingerprint density at radius 1 is 1.06 bits per heavy atom. The third-order valence-electron chi connectivity index (χ3n) is 6.45. The lowest BCUT2D eigenvalue weighted by Gasteiger charge is -2.32. The van der Waals surface area contributed by atoms with Crippen molar-refractivity contribution in [3.05, 3.63) is 99.5 Å². The summed E-state index contributed by atoms with van der Waals surface area (Å²) < 4.78 is 0. The average molecular weight is 526 g/mol. The number of likely N-dealkylation sites (tertiary alicyclic amines) is 1. The summed E-state index contributed by atoms with van der Waals surface area (Å²) in [6, 6.07) is 21.8. The van der Waals surface area contributed by atoms with Gasteiger partial charge in [0.15, 0.2) is 0 Å². The van der Waals surface area contributed by atoms with Crippen LogP contribution in [0.2, 0.25) is 10.0 Å². The molecule has 0 spiro atoms. The van der Waals surface area contributed by atoms with Crippen molar-refractivity contribution in [3.8, 4) is 0 Å². The molecule has 1 fully saturated rings. The maximum Gasteiger partial charge on any atom is 0.255 e. The highest BCUT2D eigenvalue weighted by Gasteiger charge is 2.28. The molecule has 8 heteroatoms. The van der Waals surface area contributed by atoms with E-state index in [2.05, 4.69) is 10.2 Å². The predicted octanol–water partition coefficient (Wildman–Crippen LogP) is 5.05. The maximum absolute atomic E-state index is 13.3. The molecule has 0 saturated carbocycles. The van der Waals surface area contributed by atoms with Crippen molar-refractivity contribution >= 4 is 40.7 Å². The van der Waals surface area contributed by atoms with E-state index in [1.165, 1.54) is 6.07 Å². The number of nitrogens with zero attached hydrogens (tertiary/aromatic N) is 2. The molecule has 0 aromatic heterocycles. The number of β-amino-alcohol motifs (C(OH)–C–C–N with tert-alkyl or cyclic N) is 1. The molecule has 1 aliphatic rings. The van der Waals surface area contributed by atoms with Crippen LogP contribution in [0, 0.1) is 0 Å². The Hall–Kier alpha value is -2.90. The van der Waals surface area contributed by atoms with Crippen molar-refractivity contribution in [3.63, 3.8) is 0 Å². The first-order chi connectivity index (χ1) is 17.3. The van der Waals surface area contributed by atoms with Gasteiger partial charge in [-0.2, -0.15) is 0 Å². The normalized spacial score (nSPS) is 16.5. The van der Waals surface area contributed by atoms with Crippen LogP contribution in [-0.4, -0.2) is 59.5 Å². The summed E-state index contributed by atoms with van der Waals surface area (Å²) in [5.74, 6) is -0.345. The molecule has 3 aromatic rings. The number of aliphatic hydroxyl groups is 1. The second kappa shape index (κ2) is 11.9. The van der Waals surface area contributed by atoms with E-state index >= 15 is 0 Å². The third-order valence-corrected chi connectivity index (χ3v) is 7.18. The zero-order valence-electron chi connectivity index (χ0n) is 20.0. The fourth-order valence-electron chi connectivity index (χ4n) is 4.42. The van der Waals surface area contributed by atoms with Gasteiger partial charge >= 0.3 is 0 Å². The minimum atomic E-state index is -0.315. The summed E-state index contributed by atoms with van der Waals surface area (Å²) in [4.78, 5) is 30.0. The minimum absolute atomic E-state index is 0.0310. The maximum atomic E-state index is 13.3. The van der Waals surface area contributed by atoms with Crippen LogP contribution < -0.4 is 5.32 Å². The van der Waals surface area contributed by atoms with Crippen molar-refractivity contribution in [2.24, 2.45) is 0 Å². The first-order valence-corrected chi connectivity index (χ1v) is 12.6. The number of amides is 2. The molecule has 1 heterocycles. The standard InChI is InChI=1S/C28H29Cl2N3O3/c1-32(26(20-7-3-2-4-8-20)18-33-13-12-23(34)17-33)27(35)15-19-6-5-9-22(14-19)31-28(36)21-10-11-24(29)25(30)16-21/h2-11,14,16,23,26,34H,12-13,15,17-18H2,1H3,(H,31,36)/t23?,26-/m1/s1. The highest BCUT2D eigenvalue weighted by atomic mass is 35.5. The Morgan fingerprint density at radius 2 is 1.83 bits per heavy atom. The molecule has 1 unspecified atom stereocenters. The van der Waals surface area contributed by atoms with Gasteiger partial charge < -0.3 is 15.3 Å². The number of benzene rings is 3. The van der Waals surface area contributed by atoms with E-state index in [1.54, 1.807) is 29.2 Å². The van der Waals surface area contributed by atoms with Gasteiger partial charge in [0.1, 0.15) is 0 Å². The molecule has 188 valence electrons. The van der Waals surface area contributed by atoms with Crippen LogP contribution in [0.25, 0.3) is 0 Å². The van der Waals surface area contributed by atoms with Crippen molar-refractivity contribution in [1.82, 2.24) is 9.80 Å². The van der Waals surface area contributed by atoms with Crippen molar-refractivity contribution in [1.29, 1.82) is 0 Å². The van der Waals surface area contributed by atoms with Gasteiger partial charge in [-0.05, 0) is 47.9 Å². The second-order valence-corrected chi connectivity index (χ2v) is 9.91. The molecule has 1 saturated heterocycles. The zero-order valence-corrected chi connectivity index (χ0v) is 21.5. The lowest BCUT2D eigenvalue weighted by Crippen LogP contribution is -2.39. The number of carbonyl (C=O) groups is 2. The van der Waals surface area contributed by atoms with Crippen LogP contribution in [0.1, 0.15) is 33.9 Å². The third kappa shape index (κ3) is 6.65. The molecule has 3 aromatic carbocycles. The number of carbonyl (C=O) groups excluding carboxylic acids is 2. The molecular weight excluding hydrogens is 497 g/mol. The Balaban J connectivity index is 1.45. The summed E-state index contributed by atoms with van der Waals surface area (Å²) in [6.45, 7) is 2.09. The van der Waals surface area contributed by atoms with Crippen LogP contribution in [0.15, 0.2) is 72.8 Å². The Labute approximate surface area is 221 Å². The van der Waals surface area contributed by atoms with Crippen LogP contribution in [-0.2, 0) is 11.2 Å². The van der Waals surface area contributed by atoms with Crippen LogP contribution in [0.5, 0.6) is 0 Å². The molecular formula is C28H29Cl2N3O3. The smallest absolute Gasteiger partial charge is 0.255 e. The van der Waals surface area contributed by atoms with Gasteiger partial charge in [0.05, 0.1) is 28.6 Å². The molecule has 6 nitrogen and oxygen atoms in total. The fraction of sp³-hybridized carbons (Fsp3) is 0.286. The first-order valence-electron chi connectivity index (χ1n) is 11.9. The van der Waals surface area contributed by atoms with Crippen LogP contribution >= 0.6 is 23.2 Å². The predicted molar refractivity (Wildman–Crippen MR) is 144 cm³/mol. The van der Waals surface area contributed by atoms with Crippen molar-refractivity contribution in [2.75, 3.05) is 32.0 Å². The van der Waals surface area contributed by atoms with Gasteiger partial charge in [0, 0.05) is 37.9 Å². The number of anilines is 1. The van der Waals surface area contributed by atoms with E-state index < -0.39 is 0 Å². The molecule has 36 heavy (non-hydrogen) atoms. The molecule has 4 rings (SSSR count). The van der Waals surface area contributed by atoms with Crippen molar-refractivity contribution < 1.29 is 14.7 Å². The highest BCUT2D eigenvalue weighted by Crippen LogP contribution is 2.25. The lowest BCUT2D eigenvalue weighted by molar-refractivity contribution is -0.131. The van der Waals surface area contributed by atoms with Crippen LogP contribution in [0.3, 0.4) is 0 Å². The number of likely N-dealkylation sites (N-methyl/N-ethyl adjacent to an activating group) is 1. The Morgan fingerprint density at radius 3 is 2.53 bits per heavy atom. The van der Waals surface area contributed by atoms with E-state index in [4.69, 9.17) is 23.2 Å². The van der Waals surface area contributed by atoms with Crippen molar-refractivity contribution in [2.45, 2.75) is 25.0 Å². The van der Waals surface area contributed by atoms with Crippen LogP contribution in [0.4, 0.5) is 5.69 Å². The Bertz CT molecular complexity index is 1220. The highest BCUT2D eigenvalue weighted by molar-refractivity contribution is 6.42. The molecule has 0 bridgehead atoms. The fourth-order valence-corrected chi connectivity index (χ4v) is 4.72. The molecule has 0 radical (unpaired) electrons. The topological polar surface area (TPSA) is 72.9 Å². The number of halogens is 2. The lowest BCUT2D eigenvalue weighted by atomic mass is 10.0. The molecule has 2 N–H and O–H groups in total. The number of nitrogens with one attached hydrogen (secondary N) is 1. The van der Waals surface area contributed by atoms with Gasteiger partial charge in [-0.25, -0.2) is 0 Å². The number of hydrogen-bond donors (Lipinski definition) is 2. The van der Waals surface area contributed by atoms with E-state index in [0.717, 1.165) is 24.1 Å². The SMILES string of the molecule is CN(C(=O)Cc1cccc(NC(=O)c2ccc(Cl)c(Cl)c2)c1)[C@H](CN1CCC(O)C1)c1ccccc1. The summed E-state index contributed by atoms with van der Waals surface area (Å²) in [7, 11) is 1.82. The number of rotatable bonds is 8. The summed E-state index contributed by atoms with van der Waals surface area (Å²) >= 11 is 12.0. The monoisotopic (exact) mass is 525 g/mol. The van der Waals surface area contributed by atoms with Gasteiger partial charge in [-0.1, -0.05) is 65.7 Å². The molecule has 2 atom stereocenters. The molecule has 1 aliphatic heterocycles. The number of hydrogen-bond acceptors (Lipinski definition) is 4. The largest absolute Gasteiger partial charge is 0.392 e. The summed E-state index contributed by atoms with van der Waals surface area (Å²) in [5.41, 5.74) is 2.83. The molecule has 2 amide bonds. The van der Waals surface area contributed by atoms with E-state index in [1.807, 2.05) is 49.5 Å².